The molecule has 0 aliphatic heterocycles. The molecular formula is C26H52. The van der Waals surface area contributed by atoms with Crippen LogP contribution >= 0.6 is 0 Å². The van der Waals surface area contributed by atoms with Crippen molar-refractivity contribution < 1.29 is 0 Å². The second-order valence-corrected chi connectivity index (χ2v) is 9.59. The Bertz CT molecular complexity index is 232. The summed E-state index contributed by atoms with van der Waals surface area (Å²) in [6, 6.07) is 0. The maximum Gasteiger partial charge on any atom is -0.0386 e. The van der Waals surface area contributed by atoms with Crippen LogP contribution in [0, 0.1) is 23.7 Å². The summed E-state index contributed by atoms with van der Waals surface area (Å²) in [5, 5.41) is 0. The van der Waals surface area contributed by atoms with Crippen molar-refractivity contribution in [2.24, 2.45) is 23.7 Å². The van der Waals surface area contributed by atoms with E-state index in [9.17, 15) is 0 Å². The SMILES string of the molecule is C.C.C1CCC(C2CCCCC2)CC1.C1CCC(C2CCCCC2)CC1. The summed E-state index contributed by atoms with van der Waals surface area (Å²) in [6.07, 6.45) is 30.8. The van der Waals surface area contributed by atoms with Crippen LogP contribution in [-0.2, 0) is 0 Å². The Morgan fingerprint density at radius 2 is 0.385 bits per heavy atom. The van der Waals surface area contributed by atoms with E-state index in [2.05, 4.69) is 0 Å². The Kier molecular flexibility index (Phi) is 13.0. The molecule has 0 N–H and O–H groups in total. The van der Waals surface area contributed by atoms with Crippen LogP contribution in [0.5, 0.6) is 0 Å². The smallest absolute Gasteiger partial charge is 0.0386 e. The van der Waals surface area contributed by atoms with Gasteiger partial charge in [-0.3, -0.25) is 0 Å². The summed E-state index contributed by atoms with van der Waals surface area (Å²) in [6.45, 7) is 0. The summed E-state index contributed by atoms with van der Waals surface area (Å²) < 4.78 is 0. The monoisotopic (exact) mass is 364 g/mol. The van der Waals surface area contributed by atoms with Crippen LogP contribution in [0.25, 0.3) is 0 Å². The molecule has 4 aliphatic carbocycles. The van der Waals surface area contributed by atoms with Gasteiger partial charge in [-0.2, -0.15) is 0 Å². The summed E-state index contributed by atoms with van der Waals surface area (Å²) in [5.74, 6) is 4.55. The lowest BCUT2D eigenvalue weighted by Crippen LogP contribution is -2.20. The molecule has 0 radical (unpaired) electrons. The Morgan fingerprint density at radius 1 is 0.231 bits per heavy atom. The molecule has 0 aromatic rings. The van der Waals surface area contributed by atoms with Gasteiger partial charge in [0.25, 0.3) is 0 Å². The minimum atomic E-state index is 0. The maximum absolute atomic E-state index is 1.56. The maximum atomic E-state index is 1.56. The first-order chi connectivity index (χ1) is 11.9. The highest BCUT2D eigenvalue weighted by molar-refractivity contribution is 4.77. The van der Waals surface area contributed by atoms with Gasteiger partial charge in [0.1, 0.15) is 0 Å². The predicted octanol–water partition coefficient (Wildman–Crippen LogP) is 9.57. The van der Waals surface area contributed by atoms with Crippen molar-refractivity contribution in [3.63, 3.8) is 0 Å². The zero-order valence-electron chi connectivity index (χ0n) is 16.5. The van der Waals surface area contributed by atoms with Gasteiger partial charge in [-0.25, -0.2) is 0 Å². The fourth-order valence-corrected chi connectivity index (χ4v) is 6.42. The Balaban J connectivity index is 0.000000241. The molecule has 0 aromatic carbocycles. The van der Waals surface area contributed by atoms with Gasteiger partial charge in [0.2, 0.25) is 0 Å². The Morgan fingerprint density at radius 3 is 0.538 bits per heavy atom. The molecule has 26 heavy (non-hydrogen) atoms. The van der Waals surface area contributed by atoms with Gasteiger partial charge in [0.15, 0.2) is 0 Å². The third-order valence-electron chi connectivity index (χ3n) is 7.93. The summed E-state index contributed by atoms with van der Waals surface area (Å²) in [4.78, 5) is 0. The molecule has 0 amide bonds. The van der Waals surface area contributed by atoms with Crippen LogP contribution in [0.4, 0.5) is 0 Å². The van der Waals surface area contributed by atoms with Crippen molar-refractivity contribution >= 4 is 0 Å². The van der Waals surface area contributed by atoms with E-state index in [1.54, 1.807) is 51.4 Å². The summed E-state index contributed by atoms with van der Waals surface area (Å²) in [5.41, 5.74) is 0. The van der Waals surface area contributed by atoms with Crippen molar-refractivity contribution in [2.75, 3.05) is 0 Å². The molecule has 0 atom stereocenters. The van der Waals surface area contributed by atoms with Crippen LogP contribution in [0.2, 0.25) is 0 Å². The van der Waals surface area contributed by atoms with Gasteiger partial charge in [-0.15, -0.1) is 0 Å². The first-order valence-corrected chi connectivity index (χ1v) is 11.9. The second-order valence-electron chi connectivity index (χ2n) is 9.59. The molecule has 156 valence electrons. The molecule has 4 aliphatic rings. The average molecular weight is 365 g/mol. The number of hydrogen-bond acceptors (Lipinski definition) is 0. The zero-order valence-corrected chi connectivity index (χ0v) is 16.5. The Hall–Kier alpha value is 0. The van der Waals surface area contributed by atoms with E-state index < -0.39 is 0 Å². The molecule has 0 spiro atoms. The van der Waals surface area contributed by atoms with Crippen molar-refractivity contribution in [3.8, 4) is 0 Å². The lowest BCUT2D eigenvalue weighted by molar-refractivity contribution is 0.196. The average Bonchev–Trinajstić information content (AvgIpc) is 2.71. The molecule has 0 unspecified atom stereocenters. The zero-order chi connectivity index (χ0) is 16.5. The van der Waals surface area contributed by atoms with E-state index in [-0.39, 0.29) is 14.9 Å². The van der Waals surface area contributed by atoms with Crippen LogP contribution in [0.3, 0.4) is 0 Å². The van der Waals surface area contributed by atoms with Gasteiger partial charge in [-0.05, 0) is 23.7 Å². The standard InChI is InChI=1S/2C12H22.2CH4/c2*1-3-7-11(8-4-1)12-9-5-2-6-10-12;;/h2*11-12H,1-10H2;2*1H4. The quantitative estimate of drug-likeness (QED) is 0.457. The third kappa shape index (κ3) is 7.93. The normalized spacial score (nSPS) is 26.8. The number of hydrogen-bond donors (Lipinski definition) is 0. The van der Waals surface area contributed by atoms with Crippen LogP contribution in [-0.4, -0.2) is 0 Å². The first-order valence-electron chi connectivity index (χ1n) is 11.9. The van der Waals surface area contributed by atoms with E-state index in [1.807, 2.05) is 0 Å². The van der Waals surface area contributed by atoms with Crippen LogP contribution in [0.15, 0.2) is 0 Å². The van der Waals surface area contributed by atoms with Crippen molar-refractivity contribution in [2.45, 2.75) is 143 Å². The minimum absolute atomic E-state index is 0. The molecule has 4 fully saturated rings. The van der Waals surface area contributed by atoms with Gasteiger partial charge in [0.05, 0.1) is 0 Å². The van der Waals surface area contributed by atoms with Crippen LogP contribution in [0.1, 0.15) is 143 Å². The topological polar surface area (TPSA) is 0 Å². The molecule has 4 saturated carbocycles. The fourth-order valence-electron chi connectivity index (χ4n) is 6.42. The summed E-state index contributed by atoms with van der Waals surface area (Å²) >= 11 is 0. The molecule has 0 heterocycles. The van der Waals surface area contributed by atoms with Crippen molar-refractivity contribution in [1.29, 1.82) is 0 Å². The largest absolute Gasteiger partial charge is 0.0776 e. The molecular weight excluding hydrogens is 312 g/mol. The predicted molar refractivity (Wildman–Crippen MR) is 120 cm³/mol. The molecule has 0 aromatic heterocycles. The second kappa shape index (κ2) is 14.1. The summed E-state index contributed by atoms with van der Waals surface area (Å²) in [7, 11) is 0. The van der Waals surface area contributed by atoms with Gasteiger partial charge in [0, 0.05) is 0 Å². The van der Waals surface area contributed by atoms with E-state index >= 15 is 0 Å². The lowest BCUT2D eigenvalue weighted by atomic mass is 9.73. The van der Waals surface area contributed by atoms with Gasteiger partial charge >= 0.3 is 0 Å². The highest BCUT2D eigenvalue weighted by Gasteiger charge is 2.25. The molecule has 0 nitrogen and oxygen atoms in total. The Labute approximate surface area is 167 Å². The van der Waals surface area contributed by atoms with Crippen molar-refractivity contribution in [1.82, 2.24) is 0 Å². The highest BCUT2D eigenvalue weighted by Crippen LogP contribution is 2.38. The molecule has 0 saturated heterocycles. The fraction of sp³-hybridized carbons (Fsp3) is 1.00. The first kappa shape index (κ1) is 24.0. The van der Waals surface area contributed by atoms with Gasteiger partial charge in [-0.1, -0.05) is 143 Å². The third-order valence-corrected chi connectivity index (χ3v) is 7.93. The van der Waals surface area contributed by atoms with E-state index in [0.29, 0.717) is 0 Å². The van der Waals surface area contributed by atoms with Crippen LogP contribution < -0.4 is 0 Å². The lowest BCUT2D eigenvalue weighted by Gasteiger charge is -2.32. The van der Waals surface area contributed by atoms with Gasteiger partial charge < -0.3 is 0 Å². The number of rotatable bonds is 2. The highest BCUT2D eigenvalue weighted by atomic mass is 14.3. The van der Waals surface area contributed by atoms with E-state index in [4.69, 9.17) is 0 Å². The molecule has 0 bridgehead atoms. The van der Waals surface area contributed by atoms with Crippen molar-refractivity contribution in [3.05, 3.63) is 0 Å². The van der Waals surface area contributed by atoms with E-state index in [0.717, 1.165) is 23.7 Å². The molecule has 4 rings (SSSR count). The van der Waals surface area contributed by atoms with E-state index in [1.165, 1.54) is 77.0 Å². The minimum Gasteiger partial charge on any atom is -0.0776 e. The molecule has 0 heteroatoms.